The first-order chi connectivity index (χ1) is 10.4. The van der Waals surface area contributed by atoms with E-state index in [0.29, 0.717) is 0 Å². The van der Waals surface area contributed by atoms with Crippen molar-refractivity contribution in [1.29, 1.82) is 0 Å². The molecule has 0 saturated carbocycles. The van der Waals surface area contributed by atoms with E-state index in [1.54, 1.807) is 32.8 Å². The summed E-state index contributed by atoms with van der Waals surface area (Å²) in [6, 6.07) is 0. The van der Waals surface area contributed by atoms with Gasteiger partial charge in [-0.25, -0.2) is 0 Å². The third kappa shape index (κ3) is 4.41. The van der Waals surface area contributed by atoms with Gasteiger partial charge in [-0.05, 0) is 40.5 Å². The second-order valence-electron chi connectivity index (χ2n) is 7.42. The van der Waals surface area contributed by atoms with Crippen LogP contribution in [-0.4, -0.2) is 67.3 Å². The third-order valence-corrected chi connectivity index (χ3v) is 4.21. The van der Waals surface area contributed by atoms with Crippen molar-refractivity contribution in [3.8, 4) is 0 Å². The van der Waals surface area contributed by atoms with Crippen LogP contribution in [0.3, 0.4) is 0 Å². The molecule has 8 heteroatoms. The van der Waals surface area contributed by atoms with Gasteiger partial charge in [-0.1, -0.05) is 0 Å². The molecule has 0 aromatic heterocycles. The molecule has 1 atom stereocenters. The van der Waals surface area contributed by atoms with Crippen LogP contribution in [0.15, 0.2) is 0 Å². The van der Waals surface area contributed by atoms with Gasteiger partial charge in [-0.2, -0.15) is 5.06 Å². The monoisotopic (exact) mass is 333 g/mol. The van der Waals surface area contributed by atoms with Gasteiger partial charge in [-0.3, -0.25) is 14.4 Å². The van der Waals surface area contributed by atoms with Crippen LogP contribution in [-0.2, 0) is 14.4 Å². The first-order valence-electron chi connectivity index (χ1n) is 7.57. The molecule has 1 fully saturated rings. The second-order valence-corrected chi connectivity index (χ2v) is 7.42. The van der Waals surface area contributed by atoms with Gasteiger partial charge in [0.05, 0.1) is 31.2 Å². The van der Waals surface area contributed by atoms with E-state index in [1.165, 1.54) is 0 Å². The molecule has 1 saturated heterocycles. The molecule has 1 aliphatic heterocycles. The SMILES string of the molecule is CC1(C)CC(O)(C(CC(=O)O)C(=O)O)CC(C)(C)N1OCCO. The highest BCUT2D eigenvalue weighted by atomic mass is 16.7. The van der Waals surface area contributed by atoms with E-state index in [-0.39, 0.29) is 26.1 Å². The van der Waals surface area contributed by atoms with Gasteiger partial charge >= 0.3 is 11.9 Å². The Morgan fingerprint density at radius 1 is 1.13 bits per heavy atom. The molecule has 134 valence electrons. The average molecular weight is 333 g/mol. The number of carbonyl (C=O) groups is 2. The summed E-state index contributed by atoms with van der Waals surface area (Å²) in [6.07, 6.45) is -0.562. The Kier molecular flexibility index (Phi) is 5.79. The predicted molar refractivity (Wildman–Crippen MR) is 80.6 cm³/mol. The van der Waals surface area contributed by atoms with Gasteiger partial charge < -0.3 is 20.4 Å². The number of rotatable bonds is 7. The molecule has 4 N–H and O–H groups in total. The van der Waals surface area contributed by atoms with Crippen LogP contribution in [0.5, 0.6) is 0 Å². The van der Waals surface area contributed by atoms with E-state index in [0.717, 1.165) is 0 Å². The molecule has 0 aromatic carbocycles. The number of piperidine rings is 1. The molecule has 0 aromatic rings. The van der Waals surface area contributed by atoms with E-state index in [1.807, 2.05) is 0 Å². The summed E-state index contributed by atoms with van der Waals surface area (Å²) in [5.74, 6) is -4.00. The summed E-state index contributed by atoms with van der Waals surface area (Å²) in [5.41, 5.74) is -3.15. The molecule has 1 heterocycles. The lowest BCUT2D eigenvalue weighted by Gasteiger charge is -2.57. The minimum absolute atomic E-state index is 0.0408. The van der Waals surface area contributed by atoms with E-state index in [4.69, 9.17) is 15.1 Å². The van der Waals surface area contributed by atoms with Crippen LogP contribution in [0.1, 0.15) is 47.0 Å². The quantitative estimate of drug-likeness (QED) is 0.529. The number of aliphatic carboxylic acids is 2. The number of carboxylic acids is 2. The molecule has 0 aliphatic carbocycles. The first kappa shape index (κ1) is 19.8. The number of hydroxylamine groups is 2. The number of hydrogen-bond donors (Lipinski definition) is 4. The molecule has 0 amide bonds. The Balaban J connectivity index is 3.16. The minimum Gasteiger partial charge on any atom is -0.481 e. The van der Waals surface area contributed by atoms with Gasteiger partial charge in [0.1, 0.15) is 0 Å². The molecule has 0 spiro atoms. The van der Waals surface area contributed by atoms with Crippen molar-refractivity contribution in [3.63, 3.8) is 0 Å². The minimum atomic E-state index is -1.67. The highest BCUT2D eigenvalue weighted by molar-refractivity contribution is 5.79. The van der Waals surface area contributed by atoms with Gasteiger partial charge in [0.2, 0.25) is 0 Å². The van der Waals surface area contributed by atoms with Crippen LogP contribution < -0.4 is 0 Å². The summed E-state index contributed by atoms with van der Waals surface area (Å²) in [7, 11) is 0. The van der Waals surface area contributed by atoms with Crippen LogP contribution in [0.4, 0.5) is 0 Å². The van der Waals surface area contributed by atoms with Crippen LogP contribution in [0.2, 0.25) is 0 Å². The van der Waals surface area contributed by atoms with Crippen molar-refractivity contribution in [2.45, 2.75) is 63.6 Å². The largest absolute Gasteiger partial charge is 0.481 e. The molecular weight excluding hydrogens is 306 g/mol. The molecule has 1 unspecified atom stereocenters. The topological polar surface area (TPSA) is 128 Å². The fourth-order valence-electron chi connectivity index (χ4n) is 3.93. The summed E-state index contributed by atoms with van der Waals surface area (Å²) < 4.78 is 0. The van der Waals surface area contributed by atoms with Gasteiger partial charge in [-0.15, -0.1) is 0 Å². The molecule has 0 bridgehead atoms. The zero-order valence-corrected chi connectivity index (χ0v) is 14.1. The smallest absolute Gasteiger partial charge is 0.310 e. The lowest BCUT2D eigenvalue weighted by atomic mass is 9.66. The number of carboxylic acid groups (broad SMARTS) is 2. The van der Waals surface area contributed by atoms with E-state index >= 15 is 0 Å². The zero-order chi connectivity index (χ0) is 18.1. The molecule has 23 heavy (non-hydrogen) atoms. The molecule has 1 aliphatic rings. The maximum atomic E-state index is 11.5. The van der Waals surface area contributed by atoms with Gasteiger partial charge in [0.25, 0.3) is 0 Å². The Morgan fingerprint density at radius 2 is 1.61 bits per heavy atom. The van der Waals surface area contributed by atoms with E-state index < -0.39 is 41.0 Å². The van der Waals surface area contributed by atoms with Crippen molar-refractivity contribution >= 4 is 11.9 Å². The van der Waals surface area contributed by atoms with Crippen molar-refractivity contribution in [1.82, 2.24) is 5.06 Å². The number of aliphatic hydroxyl groups is 2. The second kappa shape index (κ2) is 6.72. The van der Waals surface area contributed by atoms with Crippen molar-refractivity contribution in [2.24, 2.45) is 5.92 Å². The molecule has 0 radical (unpaired) electrons. The number of nitrogens with zero attached hydrogens (tertiary/aromatic N) is 1. The Bertz CT molecular complexity index is 443. The first-order valence-corrected chi connectivity index (χ1v) is 7.57. The van der Waals surface area contributed by atoms with E-state index in [9.17, 15) is 19.8 Å². The highest BCUT2D eigenvalue weighted by Crippen LogP contribution is 2.47. The third-order valence-electron chi connectivity index (χ3n) is 4.21. The Hall–Kier alpha value is -1.22. The standard InChI is InChI=1S/C15H27NO7/c1-13(2)8-15(22,10(12(20)21)7-11(18)19)9-14(3,4)16(13)23-6-5-17/h10,17,22H,5-9H2,1-4H3,(H,18,19)(H,20,21). The summed E-state index contributed by atoms with van der Waals surface area (Å²) in [4.78, 5) is 28.1. The molecular formula is C15H27NO7. The van der Waals surface area contributed by atoms with E-state index in [2.05, 4.69) is 0 Å². The lowest BCUT2D eigenvalue weighted by molar-refractivity contribution is -0.312. The maximum Gasteiger partial charge on any atom is 0.310 e. The Labute approximate surface area is 135 Å². The summed E-state index contributed by atoms with van der Waals surface area (Å²) in [5, 5.41) is 40.0. The number of hydrogen-bond acceptors (Lipinski definition) is 6. The van der Waals surface area contributed by atoms with Crippen LogP contribution in [0, 0.1) is 5.92 Å². The predicted octanol–water partition coefficient (Wildman–Crippen LogP) is 0.470. The van der Waals surface area contributed by atoms with Gasteiger partial charge in [0.15, 0.2) is 0 Å². The molecule has 8 nitrogen and oxygen atoms in total. The fraction of sp³-hybridized carbons (Fsp3) is 0.867. The summed E-state index contributed by atoms with van der Waals surface area (Å²) >= 11 is 0. The van der Waals surface area contributed by atoms with Gasteiger partial charge in [0, 0.05) is 11.1 Å². The zero-order valence-electron chi connectivity index (χ0n) is 14.1. The van der Waals surface area contributed by atoms with Crippen LogP contribution in [0.25, 0.3) is 0 Å². The average Bonchev–Trinajstić information content (AvgIpc) is 2.32. The van der Waals surface area contributed by atoms with Crippen molar-refractivity contribution in [2.75, 3.05) is 13.2 Å². The Morgan fingerprint density at radius 3 is 1.96 bits per heavy atom. The lowest BCUT2D eigenvalue weighted by Crippen LogP contribution is -2.67. The summed E-state index contributed by atoms with van der Waals surface area (Å²) in [6.45, 7) is 7.07. The van der Waals surface area contributed by atoms with Crippen LogP contribution >= 0.6 is 0 Å². The maximum absolute atomic E-state index is 11.5. The molecule has 1 rings (SSSR count). The van der Waals surface area contributed by atoms with Crippen molar-refractivity contribution in [3.05, 3.63) is 0 Å². The number of aliphatic hydroxyl groups excluding tert-OH is 1. The fourth-order valence-corrected chi connectivity index (χ4v) is 3.93. The van der Waals surface area contributed by atoms with Crippen molar-refractivity contribution < 1.29 is 34.9 Å². The normalized spacial score (nSPS) is 24.1. The highest BCUT2D eigenvalue weighted by Gasteiger charge is 2.57.